The highest BCUT2D eigenvalue weighted by Crippen LogP contribution is 2.27. The summed E-state index contributed by atoms with van der Waals surface area (Å²) in [5.41, 5.74) is 0. The lowest BCUT2D eigenvalue weighted by atomic mass is 10.3. The Bertz CT molecular complexity index is 538. The van der Waals surface area contributed by atoms with Crippen molar-refractivity contribution in [1.82, 2.24) is 9.62 Å². The van der Waals surface area contributed by atoms with E-state index in [1.54, 1.807) is 12.1 Å². The highest BCUT2D eigenvalue weighted by Gasteiger charge is 2.29. The van der Waals surface area contributed by atoms with Crippen molar-refractivity contribution in [3.63, 3.8) is 0 Å². The van der Waals surface area contributed by atoms with Gasteiger partial charge >= 0.3 is 0 Å². The molecule has 7 heteroatoms. The van der Waals surface area contributed by atoms with Crippen LogP contribution in [0.25, 0.3) is 0 Å². The molecule has 0 saturated heterocycles. The predicted molar refractivity (Wildman–Crippen MR) is 80.5 cm³/mol. The van der Waals surface area contributed by atoms with Crippen molar-refractivity contribution >= 4 is 21.4 Å². The molecule has 0 aromatic carbocycles. The van der Waals surface area contributed by atoms with Crippen LogP contribution >= 0.6 is 11.3 Å². The largest absolute Gasteiger partial charge is 0.396 e. The van der Waals surface area contributed by atoms with Gasteiger partial charge in [-0.1, -0.05) is 0 Å². The van der Waals surface area contributed by atoms with E-state index in [2.05, 4.69) is 9.62 Å². The highest BCUT2D eigenvalue weighted by atomic mass is 32.2. The lowest BCUT2D eigenvalue weighted by Crippen LogP contribution is -2.40. The molecule has 114 valence electrons. The number of hydrogen-bond donors (Lipinski definition) is 2. The van der Waals surface area contributed by atoms with Gasteiger partial charge in [-0.25, -0.2) is 13.1 Å². The zero-order valence-electron chi connectivity index (χ0n) is 11.9. The fourth-order valence-corrected chi connectivity index (χ4v) is 4.55. The van der Waals surface area contributed by atoms with Crippen LogP contribution in [0.4, 0.5) is 0 Å². The van der Waals surface area contributed by atoms with Crippen molar-refractivity contribution in [3.05, 3.63) is 17.0 Å². The van der Waals surface area contributed by atoms with Gasteiger partial charge in [0.05, 0.1) is 0 Å². The Kier molecular flexibility index (Phi) is 5.19. The van der Waals surface area contributed by atoms with E-state index in [1.807, 2.05) is 14.0 Å². The van der Waals surface area contributed by atoms with Gasteiger partial charge in [-0.15, -0.1) is 11.3 Å². The zero-order chi connectivity index (χ0) is 14.8. The van der Waals surface area contributed by atoms with Gasteiger partial charge in [0.1, 0.15) is 4.21 Å². The van der Waals surface area contributed by atoms with E-state index in [4.69, 9.17) is 5.11 Å². The number of aliphatic hydroxyl groups excluding tert-OH is 1. The van der Waals surface area contributed by atoms with Gasteiger partial charge in [-0.2, -0.15) is 0 Å². The number of thiophene rings is 1. The van der Waals surface area contributed by atoms with Crippen LogP contribution in [-0.2, 0) is 16.4 Å². The lowest BCUT2D eigenvalue weighted by Gasteiger charge is -2.24. The minimum atomic E-state index is -3.43. The van der Waals surface area contributed by atoms with E-state index in [0.717, 1.165) is 4.88 Å². The standard InChI is InChI=1S/C13H22N2O3S2/c1-10(15(2)11-3-4-11)9-14-20(17,18)13-6-5-12(19-13)7-8-16/h5-6,10-11,14,16H,3-4,7-9H2,1-2H3. The van der Waals surface area contributed by atoms with Gasteiger partial charge in [0.2, 0.25) is 10.0 Å². The quantitative estimate of drug-likeness (QED) is 0.751. The maximum absolute atomic E-state index is 12.2. The molecular weight excluding hydrogens is 296 g/mol. The van der Waals surface area contributed by atoms with Gasteiger partial charge in [-0.05, 0) is 38.9 Å². The third-order valence-corrected chi connectivity index (χ3v) is 6.71. The van der Waals surface area contributed by atoms with Crippen LogP contribution in [0.3, 0.4) is 0 Å². The fraction of sp³-hybridized carbons (Fsp3) is 0.692. The van der Waals surface area contributed by atoms with Crippen LogP contribution in [0.5, 0.6) is 0 Å². The molecule has 0 spiro atoms. The number of hydrogen-bond acceptors (Lipinski definition) is 5. The highest BCUT2D eigenvalue weighted by molar-refractivity contribution is 7.91. The molecule has 1 aromatic heterocycles. The van der Waals surface area contributed by atoms with Crippen LogP contribution in [0, 0.1) is 0 Å². The van der Waals surface area contributed by atoms with Crippen molar-refractivity contribution < 1.29 is 13.5 Å². The van der Waals surface area contributed by atoms with Crippen molar-refractivity contribution in [2.45, 2.75) is 42.5 Å². The average Bonchev–Trinajstić information content (AvgIpc) is 3.15. The van der Waals surface area contributed by atoms with E-state index in [1.165, 1.54) is 24.2 Å². The van der Waals surface area contributed by atoms with Gasteiger partial charge in [-0.3, -0.25) is 4.90 Å². The normalized spacial score (nSPS) is 17.6. The Morgan fingerprint density at radius 2 is 2.20 bits per heavy atom. The summed E-state index contributed by atoms with van der Waals surface area (Å²) in [5.74, 6) is 0. The topological polar surface area (TPSA) is 69.6 Å². The summed E-state index contributed by atoms with van der Waals surface area (Å²) in [4.78, 5) is 3.12. The minimum Gasteiger partial charge on any atom is -0.396 e. The summed E-state index contributed by atoms with van der Waals surface area (Å²) in [6, 6.07) is 4.17. The SMILES string of the molecule is CC(CNS(=O)(=O)c1ccc(CCO)s1)N(C)C1CC1. The van der Waals surface area contributed by atoms with Crippen molar-refractivity contribution in [3.8, 4) is 0 Å². The number of nitrogens with zero attached hydrogens (tertiary/aromatic N) is 1. The molecule has 2 rings (SSSR count). The first-order chi connectivity index (χ1) is 9.44. The number of likely N-dealkylation sites (N-methyl/N-ethyl adjacent to an activating group) is 1. The molecule has 1 fully saturated rings. The summed E-state index contributed by atoms with van der Waals surface area (Å²) in [5, 5.41) is 8.86. The first kappa shape index (κ1) is 15.9. The van der Waals surface area contributed by atoms with E-state index in [9.17, 15) is 8.42 Å². The molecule has 1 aliphatic rings. The summed E-state index contributed by atoms with van der Waals surface area (Å²) in [6.07, 6.45) is 2.92. The molecule has 1 unspecified atom stereocenters. The molecular formula is C13H22N2O3S2. The predicted octanol–water partition coefficient (Wildman–Crippen LogP) is 1.04. The molecule has 0 aliphatic heterocycles. The third-order valence-electron chi connectivity index (χ3n) is 3.65. The smallest absolute Gasteiger partial charge is 0.250 e. The minimum absolute atomic E-state index is 0.0383. The molecule has 5 nitrogen and oxygen atoms in total. The summed E-state index contributed by atoms with van der Waals surface area (Å²) < 4.78 is 27.4. The number of nitrogens with one attached hydrogen (secondary N) is 1. The molecule has 1 saturated carbocycles. The van der Waals surface area contributed by atoms with Gasteiger partial charge in [0, 0.05) is 36.5 Å². The van der Waals surface area contributed by atoms with Crippen LogP contribution in [0.1, 0.15) is 24.6 Å². The molecule has 0 bridgehead atoms. The molecule has 1 heterocycles. The summed E-state index contributed by atoms with van der Waals surface area (Å²) >= 11 is 1.22. The zero-order valence-corrected chi connectivity index (χ0v) is 13.5. The summed E-state index contributed by atoms with van der Waals surface area (Å²) in [6.45, 7) is 2.49. The lowest BCUT2D eigenvalue weighted by molar-refractivity contribution is 0.248. The van der Waals surface area contributed by atoms with Gasteiger partial charge < -0.3 is 5.11 Å². The Labute approximate surface area is 124 Å². The van der Waals surface area contributed by atoms with E-state index < -0.39 is 10.0 Å². The Morgan fingerprint density at radius 3 is 2.80 bits per heavy atom. The maximum Gasteiger partial charge on any atom is 0.250 e. The van der Waals surface area contributed by atoms with Crippen molar-refractivity contribution in [1.29, 1.82) is 0 Å². The van der Waals surface area contributed by atoms with Crippen LogP contribution in [0.15, 0.2) is 16.3 Å². The third kappa shape index (κ3) is 4.02. The molecule has 2 N–H and O–H groups in total. The number of aliphatic hydroxyl groups is 1. The maximum atomic E-state index is 12.2. The molecule has 0 radical (unpaired) electrons. The first-order valence-corrected chi connectivity index (χ1v) is 9.15. The Hall–Kier alpha value is -0.470. The van der Waals surface area contributed by atoms with Crippen molar-refractivity contribution in [2.75, 3.05) is 20.2 Å². The molecule has 1 aromatic rings. The average molecular weight is 318 g/mol. The van der Waals surface area contributed by atoms with Crippen LogP contribution in [-0.4, -0.2) is 50.7 Å². The van der Waals surface area contributed by atoms with Crippen molar-refractivity contribution in [2.24, 2.45) is 0 Å². The van der Waals surface area contributed by atoms with E-state index in [-0.39, 0.29) is 12.6 Å². The second kappa shape index (κ2) is 6.53. The van der Waals surface area contributed by atoms with Gasteiger partial charge in [0.15, 0.2) is 0 Å². The first-order valence-electron chi connectivity index (χ1n) is 6.85. The molecule has 1 aliphatic carbocycles. The van der Waals surface area contributed by atoms with E-state index >= 15 is 0 Å². The van der Waals surface area contributed by atoms with Gasteiger partial charge in [0.25, 0.3) is 0 Å². The Morgan fingerprint density at radius 1 is 1.50 bits per heavy atom. The summed E-state index contributed by atoms with van der Waals surface area (Å²) in [7, 11) is -1.39. The van der Waals surface area contributed by atoms with Crippen LogP contribution in [0.2, 0.25) is 0 Å². The number of sulfonamides is 1. The second-order valence-corrected chi connectivity index (χ2v) is 8.45. The molecule has 0 amide bonds. The van der Waals surface area contributed by atoms with Crippen LogP contribution < -0.4 is 4.72 Å². The fourth-order valence-electron chi connectivity index (χ4n) is 2.03. The molecule has 20 heavy (non-hydrogen) atoms. The number of rotatable bonds is 8. The Balaban J connectivity index is 1.92. The monoisotopic (exact) mass is 318 g/mol. The van der Waals surface area contributed by atoms with E-state index in [0.29, 0.717) is 23.2 Å². The second-order valence-electron chi connectivity index (χ2n) is 5.29. The molecule has 1 atom stereocenters.